The van der Waals surface area contributed by atoms with E-state index in [0.29, 0.717) is 11.0 Å². The van der Waals surface area contributed by atoms with Crippen molar-refractivity contribution >= 4 is 34.1 Å². The average Bonchev–Trinajstić information content (AvgIpc) is 2.91. The Labute approximate surface area is 113 Å². The first kappa shape index (κ1) is 11.7. The van der Waals surface area contributed by atoms with Crippen molar-refractivity contribution in [2.24, 2.45) is 0 Å². The SMILES string of the molecule is O=C(Nc1ccon1)c1cc2ccccc2c(Cl)n1. The molecule has 0 spiro atoms. The molecule has 19 heavy (non-hydrogen) atoms. The molecule has 1 aromatic carbocycles. The summed E-state index contributed by atoms with van der Waals surface area (Å²) in [6.45, 7) is 0. The Balaban J connectivity index is 1.98. The number of nitrogens with zero attached hydrogens (tertiary/aromatic N) is 2. The van der Waals surface area contributed by atoms with Gasteiger partial charge >= 0.3 is 0 Å². The van der Waals surface area contributed by atoms with Crippen LogP contribution in [0.15, 0.2) is 47.2 Å². The van der Waals surface area contributed by atoms with Crippen LogP contribution in [-0.4, -0.2) is 16.0 Å². The van der Waals surface area contributed by atoms with Crippen molar-refractivity contribution in [1.29, 1.82) is 0 Å². The van der Waals surface area contributed by atoms with Crippen LogP contribution in [0, 0.1) is 0 Å². The van der Waals surface area contributed by atoms with E-state index >= 15 is 0 Å². The zero-order valence-corrected chi connectivity index (χ0v) is 10.4. The van der Waals surface area contributed by atoms with E-state index in [1.807, 2.05) is 24.3 Å². The first-order chi connectivity index (χ1) is 9.24. The fraction of sp³-hybridized carbons (Fsp3) is 0. The Hall–Kier alpha value is -2.40. The molecule has 0 saturated heterocycles. The lowest BCUT2D eigenvalue weighted by Crippen LogP contribution is -2.14. The van der Waals surface area contributed by atoms with Gasteiger partial charge in [-0.25, -0.2) is 4.98 Å². The molecular formula is C13H8ClN3O2. The summed E-state index contributed by atoms with van der Waals surface area (Å²) < 4.78 is 4.63. The van der Waals surface area contributed by atoms with Gasteiger partial charge in [0.1, 0.15) is 17.1 Å². The van der Waals surface area contributed by atoms with Crippen molar-refractivity contribution in [2.75, 3.05) is 5.32 Å². The van der Waals surface area contributed by atoms with Crippen LogP contribution >= 0.6 is 11.6 Å². The Kier molecular flexibility index (Phi) is 2.89. The van der Waals surface area contributed by atoms with Crippen molar-refractivity contribution in [2.45, 2.75) is 0 Å². The molecule has 0 unspecified atom stereocenters. The molecule has 0 fully saturated rings. The van der Waals surface area contributed by atoms with E-state index in [4.69, 9.17) is 11.6 Å². The lowest BCUT2D eigenvalue weighted by molar-refractivity contribution is 0.102. The summed E-state index contributed by atoms with van der Waals surface area (Å²) in [5, 5.41) is 8.12. The van der Waals surface area contributed by atoms with Gasteiger partial charge in [-0.2, -0.15) is 0 Å². The Bertz CT molecular complexity index is 741. The Morgan fingerprint density at radius 3 is 2.89 bits per heavy atom. The van der Waals surface area contributed by atoms with Crippen LogP contribution in [0.1, 0.15) is 10.5 Å². The minimum atomic E-state index is -0.387. The third kappa shape index (κ3) is 2.28. The summed E-state index contributed by atoms with van der Waals surface area (Å²) in [6.07, 6.45) is 1.37. The van der Waals surface area contributed by atoms with Crippen molar-refractivity contribution in [3.63, 3.8) is 0 Å². The molecule has 0 aliphatic heterocycles. The van der Waals surface area contributed by atoms with Crippen molar-refractivity contribution < 1.29 is 9.32 Å². The molecule has 1 amide bonds. The highest BCUT2D eigenvalue weighted by atomic mass is 35.5. The molecule has 94 valence electrons. The summed E-state index contributed by atoms with van der Waals surface area (Å²) >= 11 is 6.06. The first-order valence-electron chi connectivity index (χ1n) is 5.51. The summed E-state index contributed by atoms with van der Waals surface area (Å²) in [5.41, 5.74) is 0.228. The fourth-order valence-electron chi connectivity index (χ4n) is 1.73. The Morgan fingerprint density at radius 2 is 2.11 bits per heavy atom. The van der Waals surface area contributed by atoms with Crippen LogP contribution in [0.5, 0.6) is 0 Å². The van der Waals surface area contributed by atoms with Crippen LogP contribution in [0.3, 0.4) is 0 Å². The maximum atomic E-state index is 12.0. The summed E-state index contributed by atoms with van der Waals surface area (Å²) in [7, 11) is 0. The number of pyridine rings is 1. The van der Waals surface area contributed by atoms with Crippen LogP contribution in [-0.2, 0) is 0 Å². The number of nitrogens with one attached hydrogen (secondary N) is 1. The highest BCUT2D eigenvalue weighted by Gasteiger charge is 2.12. The number of carbonyl (C=O) groups excluding carboxylic acids is 1. The van der Waals surface area contributed by atoms with E-state index in [9.17, 15) is 4.79 Å². The molecule has 2 aromatic heterocycles. The number of carbonyl (C=O) groups is 1. The van der Waals surface area contributed by atoms with E-state index in [0.717, 1.165) is 10.8 Å². The molecule has 0 bridgehead atoms. The second kappa shape index (κ2) is 4.70. The largest absolute Gasteiger partial charge is 0.363 e. The average molecular weight is 274 g/mol. The second-order valence-corrected chi connectivity index (χ2v) is 4.22. The molecule has 0 radical (unpaired) electrons. The molecule has 0 aliphatic rings. The quantitative estimate of drug-likeness (QED) is 0.728. The fourth-order valence-corrected chi connectivity index (χ4v) is 1.99. The number of hydrogen-bond acceptors (Lipinski definition) is 4. The third-order valence-corrected chi connectivity index (χ3v) is 2.89. The summed E-state index contributed by atoms with van der Waals surface area (Å²) in [4.78, 5) is 16.1. The van der Waals surface area contributed by atoms with Gasteiger partial charge in [0.2, 0.25) is 0 Å². The molecular weight excluding hydrogens is 266 g/mol. The molecule has 5 nitrogen and oxygen atoms in total. The maximum Gasteiger partial charge on any atom is 0.275 e. The first-order valence-corrected chi connectivity index (χ1v) is 5.89. The molecule has 1 N–H and O–H groups in total. The van der Waals surface area contributed by atoms with Gasteiger partial charge in [-0.15, -0.1) is 0 Å². The van der Waals surface area contributed by atoms with Crippen molar-refractivity contribution in [3.8, 4) is 0 Å². The standard InChI is InChI=1S/C13H8ClN3O2/c14-12-9-4-2-1-3-8(9)7-10(15-12)13(18)16-11-5-6-19-17-11/h1-7H,(H,16,17,18). The van der Waals surface area contributed by atoms with Gasteiger partial charge in [-0.3, -0.25) is 4.79 Å². The Morgan fingerprint density at radius 1 is 1.26 bits per heavy atom. The third-order valence-electron chi connectivity index (χ3n) is 2.61. The van der Waals surface area contributed by atoms with Gasteiger partial charge in [0, 0.05) is 11.5 Å². The van der Waals surface area contributed by atoms with Crippen LogP contribution in [0.4, 0.5) is 5.82 Å². The molecule has 2 heterocycles. The molecule has 3 rings (SSSR count). The zero-order chi connectivity index (χ0) is 13.2. The van der Waals surface area contributed by atoms with Gasteiger partial charge in [0.05, 0.1) is 0 Å². The predicted octanol–water partition coefficient (Wildman–Crippen LogP) is 3.13. The molecule has 0 aliphatic carbocycles. The van der Waals surface area contributed by atoms with Gasteiger partial charge in [0.15, 0.2) is 5.82 Å². The van der Waals surface area contributed by atoms with E-state index < -0.39 is 0 Å². The number of hydrogen-bond donors (Lipinski definition) is 1. The van der Waals surface area contributed by atoms with E-state index in [1.54, 1.807) is 12.1 Å². The highest BCUT2D eigenvalue weighted by molar-refractivity contribution is 6.34. The number of halogens is 1. The van der Waals surface area contributed by atoms with Crippen molar-refractivity contribution in [3.05, 3.63) is 53.5 Å². The molecule has 6 heteroatoms. The van der Waals surface area contributed by atoms with E-state index in [-0.39, 0.29) is 11.6 Å². The minimum absolute atomic E-state index is 0.228. The summed E-state index contributed by atoms with van der Waals surface area (Å²) in [6, 6.07) is 10.7. The van der Waals surface area contributed by atoms with Crippen molar-refractivity contribution in [1.82, 2.24) is 10.1 Å². The van der Waals surface area contributed by atoms with Gasteiger partial charge in [0.25, 0.3) is 5.91 Å². The highest BCUT2D eigenvalue weighted by Crippen LogP contribution is 2.22. The molecule has 0 saturated carbocycles. The van der Waals surface area contributed by atoms with Crippen LogP contribution in [0.25, 0.3) is 10.8 Å². The van der Waals surface area contributed by atoms with Gasteiger partial charge < -0.3 is 9.84 Å². The van der Waals surface area contributed by atoms with E-state index in [1.165, 1.54) is 6.26 Å². The normalized spacial score (nSPS) is 10.6. The number of fused-ring (bicyclic) bond motifs is 1. The monoisotopic (exact) mass is 273 g/mol. The van der Waals surface area contributed by atoms with Gasteiger partial charge in [-0.1, -0.05) is 41.0 Å². The smallest absolute Gasteiger partial charge is 0.275 e. The number of rotatable bonds is 2. The minimum Gasteiger partial charge on any atom is -0.363 e. The predicted molar refractivity (Wildman–Crippen MR) is 71.2 cm³/mol. The lowest BCUT2D eigenvalue weighted by Gasteiger charge is -2.04. The lowest BCUT2D eigenvalue weighted by atomic mass is 10.1. The van der Waals surface area contributed by atoms with Gasteiger partial charge in [-0.05, 0) is 11.5 Å². The number of amides is 1. The second-order valence-electron chi connectivity index (χ2n) is 3.86. The maximum absolute atomic E-state index is 12.0. The zero-order valence-electron chi connectivity index (χ0n) is 9.63. The molecule has 3 aromatic rings. The number of aromatic nitrogens is 2. The van der Waals surface area contributed by atoms with E-state index in [2.05, 4.69) is 20.0 Å². The number of anilines is 1. The molecule has 0 atom stereocenters. The topological polar surface area (TPSA) is 68.0 Å². The van der Waals surface area contributed by atoms with Crippen LogP contribution < -0.4 is 5.32 Å². The summed E-state index contributed by atoms with van der Waals surface area (Å²) in [5.74, 6) is -0.0577. The van der Waals surface area contributed by atoms with Crippen LogP contribution in [0.2, 0.25) is 5.15 Å². The number of benzene rings is 1.